The third kappa shape index (κ3) is 5.04. The molecule has 1 aliphatic heterocycles. The number of thioether (sulfide) groups is 1. The van der Waals surface area contributed by atoms with Gasteiger partial charge in [0.05, 0.1) is 5.69 Å². The van der Waals surface area contributed by atoms with Gasteiger partial charge in [-0.1, -0.05) is 23.9 Å². The fraction of sp³-hybridized carbons (Fsp3) is 0.176. The maximum Gasteiger partial charge on any atom is 0.248 e. The van der Waals surface area contributed by atoms with Crippen molar-refractivity contribution in [3.05, 3.63) is 53.6 Å². The number of primary amides is 1. The van der Waals surface area contributed by atoms with E-state index in [1.807, 2.05) is 30.3 Å². The van der Waals surface area contributed by atoms with E-state index in [-0.39, 0.29) is 12.4 Å². The highest BCUT2D eigenvalue weighted by Crippen LogP contribution is 2.33. The van der Waals surface area contributed by atoms with E-state index in [9.17, 15) is 4.79 Å². The summed E-state index contributed by atoms with van der Waals surface area (Å²) < 4.78 is 11.0. The van der Waals surface area contributed by atoms with Crippen molar-refractivity contribution in [3.8, 4) is 11.5 Å². The fourth-order valence-electron chi connectivity index (χ4n) is 2.18. The van der Waals surface area contributed by atoms with Crippen LogP contribution in [0.4, 0.5) is 5.69 Å². The van der Waals surface area contributed by atoms with Crippen LogP contribution < -0.4 is 20.9 Å². The summed E-state index contributed by atoms with van der Waals surface area (Å²) in [6.07, 6.45) is 0. The lowest BCUT2D eigenvalue weighted by atomic mass is 10.1. The number of carbonyl (C=O) groups is 1. The van der Waals surface area contributed by atoms with E-state index in [2.05, 4.69) is 4.99 Å². The molecule has 0 aliphatic carbocycles. The van der Waals surface area contributed by atoms with Gasteiger partial charge in [-0.05, 0) is 29.8 Å². The third-order valence-electron chi connectivity index (χ3n) is 3.39. The van der Waals surface area contributed by atoms with Crippen LogP contribution in [0.25, 0.3) is 0 Å². The molecule has 0 unspecified atom stereocenters. The van der Waals surface area contributed by atoms with E-state index < -0.39 is 5.91 Å². The second-order valence-corrected chi connectivity index (χ2v) is 6.12. The predicted molar refractivity (Wildman–Crippen MR) is 102 cm³/mol. The number of fused-ring (bicyclic) bond motifs is 1. The highest BCUT2D eigenvalue weighted by Gasteiger charge is 2.11. The van der Waals surface area contributed by atoms with E-state index in [4.69, 9.17) is 20.9 Å². The number of rotatable bonds is 4. The molecule has 1 aliphatic rings. The molecule has 0 bridgehead atoms. The smallest absolute Gasteiger partial charge is 0.248 e. The lowest BCUT2D eigenvalue weighted by molar-refractivity contribution is 0.100. The summed E-state index contributed by atoms with van der Waals surface area (Å²) in [6, 6.07) is 12.6. The van der Waals surface area contributed by atoms with Gasteiger partial charge in [-0.25, -0.2) is 4.99 Å². The minimum atomic E-state index is -0.436. The number of nitrogens with two attached hydrogens (primary N) is 2. The van der Waals surface area contributed by atoms with Crippen LogP contribution in [-0.2, 0) is 5.75 Å². The lowest BCUT2D eigenvalue weighted by Gasteiger charge is -2.18. The zero-order valence-corrected chi connectivity index (χ0v) is 14.9. The summed E-state index contributed by atoms with van der Waals surface area (Å²) in [5, 5.41) is 0.450. The topological polar surface area (TPSA) is 99.9 Å². The number of amidine groups is 1. The highest BCUT2D eigenvalue weighted by atomic mass is 35.5. The molecule has 0 saturated carbocycles. The summed E-state index contributed by atoms with van der Waals surface area (Å²) >= 11 is 1.42. The van der Waals surface area contributed by atoms with Gasteiger partial charge in [0.15, 0.2) is 16.7 Å². The van der Waals surface area contributed by atoms with Gasteiger partial charge >= 0.3 is 0 Å². The van der Waals surface area contributed by atoms with Gasteiger partial charge in [0.2, 0.25) is 5.91 Å². The van der Waals surface area contributed by atoms with Crippen LogP contribution in [0.5, 0.6) is 11.5 Å². The average Bonchev–Trinajstić information content (AvgIpc) is 2.60. The third-order valence-corrected chi connectivity index (χ3v) is 4.25. The molecule has 0 spiro atoms. The molecule has 25 heavy (non-hydrogen) atoms. The molecule has 3 rings (SSSR count). The molecule has 2 aromatic rings. The molecule has 0 fully saturated rings. The van der Waals surface area contributed by atoms with Crippen LogP contribution in [0.15, 0.2) is 47.5 Å². The number of carbonyl (C=O) groups excluding carboxylic acids is 1. The van der Waals surface area contributed by atoms with Gasteiger partial charge in [-0.2, -0.15) is 0 Å². The summed E-state index contributed by atoms with van der Waals surface area (Å²) in [4.78, 5) is 15.4. The van der Waals surface area contributed by atoms with E-state index in [1.54, 1.807) is 12.1 Å². The van der Waals surface area contributed by atoms with Crippen LogP contribution in [0.2, 0.25) is 0 Å². The first-order valence-electron chi connectivity index (χ1n) is 7.37. The first kappa shape index (κ1) is 19.0. The van der Waals surface area contributed by atoms with Crippen LogP contribution in [0.1, 0.15) is 15.9 Å². The Balaban J connectivity index is 0.00000225. The summed E-state index contributed by atoms with van der Waals surface area (Å²) in [7, 11) is 0. The first-order chi connectivity index (χ1) is 11.6. The molecular formula is C17H18ClN3O3S. The molecule has 1 amide bonds. The van der Waals surface area contributed by atoms with E-state index >= 15 is 0 Å². The highest BCUT2D eigenvalue weighted by molar-refractivity contribution is 8.13. The fourth-order valence-corrected chi connectivity index (χ4v) is 2.86. The Morgan fingerprint density at radius 2 is 1.72 bits per heavy atom. The summed E-state index contributed by atoms with van der Waals surface area (Å²) in [6.45, 7) is 1.09. The van der Waals surface area contributed by atoms with Gasteiger partial charge in [-0.3, -0.25) is 4.79 Å². The van der Waals surface area contributed by atoms with E-state index in [0.29, 0.717) is 41.1 Å². The number of aliphatic imine (C=N–C) groups is 1. The van der Waals surface area contributed by atoms with Crippen molar-refractivity contribution >= 4 is 40.9 Å². The second-order valence-electron chi connectivity index (χ2n) is 5.13. The van der Waals surface area contributed by atoms with Crippen LogP contribution in [0, 0.1) is 0 Å². The molecular weight excluding hydrogens is 362 g/mol. The van der Waals surface area contributed by atoms with Gasteiger partial charge in [0, 0.05) is 17.4 Å². The Kier molecular flexibility index (Phi) is 6.55. The molecule has 8 heteroatoms. The zero-order valence-electron chi connectivity index (χ0n) is 13.3. The molecule has 2 aromatic carbocycles. The zero-order chi connectivity index (χ0) is 16.9. The van der Waals surface area contributed by atoms with Crippen molar-refractivity contribution < 1.29 is 14.3 Å². The molecule has 6 nitrogen and oxygen atoms in total. The lowest BCUT2D eigenvalue weighted by Crippen LogP contribution is -2.15. The van der Waals surface area contributed by atoms with Crippen molar-refractivity contribution in [2.24, 2.45) is 16.5 Å². The van der Waals surface area contributed by atoms with Crippen molar-refractivity contribution in [1.82, 2.24) is 0 Å². The normalized spacial score (nSPS) is 13.0. The molecule has 132 valence electrons. The maximum absolute atomic E-state index is 11.0. The number of amides is 1. The molecule has 0 aromatic heterocycles. The summed E-state index contributed by atoms with van der Waals surface area (Å²) in [5.74, 6) is 1.62. The number of benzene rings is 2. The monoisotopic (exact) mass is 379 g/mol. The van der Waals surface area contributed by atoms with Crippen molar-refractivity contribution in [1.29, 1.82) is 0 Å². The number of halogens is 1. The number of nitrogens with zero attached hydrogens (tertiary/aromatic N) is 1. The Labute approximate surface area is 156 Å². The Morgan fingerprint density at radius 1 is 1.04 bits per heavy atom. The largest absolute Gasteiger partial charge is 0.486 e. The second kappa shape index (κ2) is 8.64. The van der Waals surface area contributed by atoms with Gasteiger partial charge in [-0.15, -0.1) is 12.4 Å². The average molecular weight is 380 g/mol. The van der Waals surface area contributed by atoms with E-state index in [0.717, 1.165) is 11.3 Å². The van der Waals surface area contributed by atoms with E-state index in [1.165, 1.54) is 11.8 Å². The minimum Gasteiger partial charge on any atom is -0.486 e. The van der Waals surface area contributed by atoms with Crippen molar-refractivity contribution in [3.63, 3.8) is 0 Å². The predicted octanol–water partition coefficient (Wildman–Crippen LogP) is 2.86. The molecule has 0 atom stereocenters. The number of hydrogen-bond donors (Lipinski definition) is 2. The van der Waals surface area contributed by atoms with Gasteiger partial charge in [0.1, 0.15) is 13.2 Å². The minimum absolute atomic E-state index is 0. The molecule has 4 N–H and O–H groups in total. The first-order valence-corrected chi connectivity index (χ1v) is 8.36. The number of ether oxygens (including phenoxy) is 2. The summed E-state index contributed by atoms with van der Waals surface area (Å²) in [5.41, 5.74) is 13.4. The van der Waals surface area contributed by atoms with Crippen LogP contribution >= 0.6 is 24.2 Å². The van der Waals surface area contributed by atoms with Crippen molar-refractivity contribution in [2.45, 2.75) is 5.75 Å². The Morgan fingerprint density at radius 3 is 2.40 bits per heavy atom. The molecule has 1 heterocycles. The molecule has 0 radical (unpaired) electrons. The maximum atomic E-state index is 11.0. The Bertz CT molecular complexity index is 781. The van der Waals surface area contributed by atoms with Crippen LogP contribution in [0.3, 0.4) is 0 Å². The van der Waals surface area contributed by atoms with Gasteiger partial charge < -0.3 is 20.9 Å². The van der Waals surface area contributed by atoms with Gasteiger partial charge in [0.25, 0.3) is 0 Å². The number of hydrogen-bond acceptors (Lipinski definition) is 5. The molecule has 0 saturated heterocycles. The SMILES string of the molecule is Cl.NC(=O)c1ccc(CSC(N)=Nc2ccc3c(c2)OCCO3)cc1. The van der Waals surface area contributed by atoms with Crippen LogP contribution in [-0.4, -0.2) is 24.3 Å². The quantitative estimate of drug-likeness (QED) is 0.628. The Hall–Kier alpha value is -2.38. The standard InChI is InChI=1S/C17H17N3O3S.ClH/c18-16(21)12-3-1-11(2-4-12)10-24-17(19)20-13-5-6-14-15(9-13)23-8-7-22-14;/h1-6,9H,7-8,10H2,(H2,18,21)(H2,19,20);1H. The van der Waals surface area contributed by atoms with Crippen molar-refractivity contribution in [2.75, 3.05) is 13.2 Å².